The molecule has 0 spiro atoms. The molecule has 5 aliphatic carbocycles. The van der Waals surface area contributed by atoms with E-state index >= 15 is 0 Å². The number of hydrogen-bond donors (Lipinski definition) is 1. The first kappa shape index (κ1) is 28.6. The third-order valence-corrected chi connectivity index (χ3v) is 12.5. The van der Waals surface area contributed by atoms with Gasteiger partial charge in [-0.05, 0) is 134 Å². The molecule has 214 valence electrons. The van der Waals surface area contributed by atoms with Crippen molar-refractivity contribution in [3.63, 3.8) is 0 Å². The van der Waals surface area contributed by atoms with Gasteiger partial charge in [0.25, 0.3) is 0 Å². The summed E-state index contributed by atoms with van der Waals surface area (Å²) in [5.41, 5.74) is 10.00. The van der Waals surface area contributed by atoms with Gasteiger partial charge in [0.05, 0.1) is 12.7 Å². The van der Waals surface area contributed by atoms with Crippen LogP contribution in [0.15, 0.2) is 36.9 Å². The maximum Gasteiger partial charge on any atom is 0.340 e. The molecule has 39 heavy (non-hydrogen) atoms. The second-order valence-corrected chi connectivity index (χ2v) is 14.1. The lowest BCUT2D eigenvalue weighted by Gasteiger charge is -2.67. The molecular formula is C35H50FNO2. The SMILES string of the molecule is C=CC.COC(=O)c1ccc(C2=CCC3(C)C(CCC4(C)C5CCC6(N)CCCC6C5CCC34)C2C)cc1F. The summed E-state index contributed by atoms with van der Waals surface area (Å²) in [6.07, 6.45) is 17.0. The van der Waals surface area contributed by atoms with Crippen LogP contribution in [-0.4, -0.2) is 18.6 Å². The summed E-state index contributed by atoms with van der Waals surface area (Å²) in [7, 11) is 1.29. The fourth-order valence-electron chi connectivity index (χ4n) is 10.9. The second-order valence-electron chi connectivity index (χ2n) is 14.1. The molecule has 0 amide bonds. The number of fused-ring (bicyclic) bond motifs is 7. The van der Waals surface area contributed by atoms with E-state index < -0.39 is 11.8 Å². The number of nitrogens with two attached hydrogens (primary N) is 1. The first-order valence-electron chi connectivity index (χ1n) is 15.5. The van der Waals surface area contributed by atoms with Gasteiger partial charge in [-0.3, -0.25) is 0 Å². The van der Waals surface area contributed by atoms with Crippen LogP contribution in [0.5, 0.6) is 0 Å². The van der Waals surface area contributed by atoms with Crippen molar-refractivity contribution in [3.8, 4) is 0 Å². The summed E-state index contributed by atoms with van der Waals surface area (Å²) >= 11 is 0. The summed E-state index contributed by atoms with van der Waals surface area (Å²) in [5.74, 6) is 3.04. The van der Waals surface area contributed by atoms with E-state index in [4.69, 9.17) is 10.5 Å². The van der Waals surface area contributed by atoms with E-state index in [-0.39, 0.29) is 16.5 Å². The summed E-state index contributed by atoms with van der Waals surface area (Å²) in [4.78, 5) is 11.9. The van der Waals surface area contributed by atoms with Crippen molar-refractivity contribution in [1.29, 1.82) is 0 Å². The van der Waals surface area contributed by atoms with Gasteiger partial charge in [0.15, 0.2) is 0 Å². The molecule has 0 heterocycles. The molecule has 0 aromatic heterocycles. The van der Waals surface area contributed by atoms with E-state index in [0.29, 0.717) is 17.3 Å². The largest absolute Gasteiger partial charge is 0.465 e. The van der Waals surface area contributed by atoms with Crippen LogP contribution in [0.2, 0.25) is 0 Å². The molecular weight excluding hydrogens is 485 g/mol. The van der Waals surface area contributed by atoms with Crippen molar-refractivity contribution in [1.82, 2.24) is 0 Å². The number of benzene rings is 1. The Bertz CT molecular complexity index is 1140. The molecule has 5 aliphatic rings. The third kappa shape index (κ3) is 4.44. The average Bonchev–Trinajstić information content (AvgIpc) is 3.30. The van der Waals surface area contributed by atoms with Gasteiger partial charge in [-0.1, -0.05) is 45.4 Å². The molecule has 0 radical (unpaired) electrons. The van der Waals surface area contributed by atoms with Gasteiger partial charge in [-0.2, -0.15) is 0 Å². The van der Waals surface area contributed by atoms with E-state index in [1.54, 1.807) is 12.1 Å². The minimum absolute atomic E-state index is 0.0107. The van der Waals surface area contributed by atoms with Crippen molar-refractivity contribution in [2.75, 3.05) is 7.11 Å². The van der Waals surface area contributed by atoms with Gasteiger partial charge in [0.2, 0.25) is 0 Å². The first-order chi connectivity index (χ1) is 18.5. The molecule has 0 saturated heterocycles. The smallest absolute Gasteiger partial charge is 0.340 e. The molecule has 1 aromatic rings. The zero-order valence-electron chi connectivity index (χ0n) is 24.9. The van der Waals surface area contributed by atoms with Crippen molar-refractivity contribution in [2.24, 2.45) is 52.1 Å². The Morgan fingerprint density at radius 2 is 1.77 bits per heavy atom. The van der Waals surface area contributed by atoms with Crippen molar-refractivity contribution < 1.29 is 13.9 Å². The Kier molecular flexibility index (Phi) is 7.67. The number of methoxy groups -OCH3 is 1. The molecule has 6 rings (SSSR count). The molecule has 3 nitrogen and oxygen atoms in total. The highest BCUT2D eigenvalue weighted by Gasteiger charge is 2.63. The molecule has 0 bridgehead atoms. The van der Waals surface area contributed by atoms with Crippen LogP contribution in [0, 0.1) is 52.2 Å². The number of hydrogen-bond acceptors (Lipinski definition) is 3. The normalized spacial score (nSPS) is 42.4. The molecule has 9 atom stereocenters. The van der Waals surface area contributed by atoms with Gasteiger partial charge >= 0.3 is 5.97 Å². The molecule has 4 fully saturated rings. The fourth-order valence-corrected chi connectivity index (χ4v) is 10.9. The van der Waals surface area contributed by atoms with Crippen LogP contribution in [0.25, 0.3) is 5.57 Å². The summed E-state index contributed by atoms with van der Waals surface area (Å²) in [5, 5.41) is 0. The van der Waals surface area contributed by atoms with Crippen LogP contribution in [0.3, 0.4) is 0 Å². The van der Waals surface area contributed by atoms with Crippen molar-refractivity contribution in [3.05, 3.63) is 53.9 Å². The highest BCUT2D eigenvalue weighted by atomic mass is 19.1. The molecule has 1 aromatic carbocycles. The number of allylic oxidation sites excluding steroid dienone is 3. The van der Waals surface area contributed by atoms with E-state index in [9.17, 15) is 9.18 Å². The zero-order valence-corrected chi connectivity index (χ0v) is 24.9. The number of esters is 1. The van der Waals surface area contributed by atoms with Crippen LogP contribution in [0.1, 0.15) is 108 Å². The standard InChI is InChI=1S/C32H44FNO2.C3H6/c1-19-21(20-7-8-23(27(33)18-20)29(35)36-4)11-15-30(2)24(19)12-16-31(3)25-13-17-32(34)14-5-6-26(32)22(25)9-10-28(30)31;1-3-2/h7-8,11,18-19,22,24-26,28H,5-6,9-10,12-17,34H2,1-4H3;3H,1H2,2H3. The van der Waals surface area contributed by atoms with Crippen LogP contribution >= 0.6 is 0 Å². The van der Waals surface area contributed by atoms with Crippen LogP contribution in [-0.2, 0) is 4.74 Å². The maximum atomic E-state index is 14.8. The highest BCUT2D eigenvalue weighted by molar-refractivity contribution is 5.90. The van der Waals surface area contributed by atoms with Crippen molar-refractivity contribution >= 4 is 11.5 Å². The number of rotatable bonds is 2. The van der Waals surface area contributed by atoms with Crippen LogP contribution in [0.4, 0.5) is 4.39 Å². The Morgan fingerprint density at radius 1 is 1.05 bits per heavy atom. The lowest BCUT2D eigenvalue weighted by Crippen LogP contribution is -2.62. The molecule has 9 unspecified atom stereocenters. The molecule has 4 saturated carbocycles. The fraction of sp³-hybridized carbons (Fsp3) is 0.686. The van der Waals surface area contributed by atoms with Gasteiger partial charge < -0.3 is 10.5 Å². The van der Waals surface area contributed by atoms with E-state index in [1.807, 2.05) is 13.0 Å². The molecule has 2 N–H and O–H groups in total. The summed E-state index contributed by atoms with van der Waals surface area (Å²) < 4.78 is 19.5. The monoisotopic (exact) mass is 535 g/mol. The maximum absolute atomic E-state index is 14.8. The van der Waals surface area contributed by atoms with Gasteiger partial charge in [-0.15, -0.1) is 6.58 Å². The van der Waals surface area contributed by atoms with Gasteiger partial charge in [0.1, 0.15) is 5.82 Å². The van der Waals surface area contributed by atoms with E-state index in [1.165, 1.54) is 76.5 Å². The lowest BCUT2D eigenvalue weighted by atomic mass is 9.38. The summed E-state index contributed by atoms with van der Waals surface area (Å²) in [6, 6.07) is 5.03. The molecule has 0 aliphatic heterocycles. The summed E-state index contributed by atoms with van der Waals surface area (Å²) in [6.45, 7) is 12.8. The topological polar surface area (TPSA) is 52.3 Å². The number of carbonyl (C=O) groups excluding carboxylic acids is 1. The minimum atomic E-state index is -0.619. The predicted molar refractivity (Wildman–Crippen MR) is 158 cm³/mol. The Balaban J connectivity index is 0.000000983. The quantitative estimate of drug-likeness (QED) is 0.305. The minimum Gasteiger partial charge on any atom is -0.465 e. The third-order valence-electron chi connectivity index (χ3n) is 12.5. The second kappa shape index (κ2) is 10.5. The Hall–Kier alpha value is -1.94. The van der Waals surface area contributed by atoms with E-state index in [0.717, 1.165) is 35.7 Å². The lowest BCUT2D eigenvalue weighted by molar-refractivity contribution is -0.162. The molecule has 4 heteroatoms. The van der Waals surface area contributed by atoms with E-state index in [2.05, 4.69) is 33.4 Å². The number of ether oxygens (including phenoxy) is 1. The predicted octanol–water partition coefficient (Wildman–Crippen LogP) is 8.58. The Morgan fingerprint density at radius 3 is 2.46 bits per heavy atom. The first-order valence-corrected chi connectivity index (χ1v) is 15.5. The van der Waals surface area contributed by atoms with Gasteiger partial charge in [0, 0.05) is 5.54 Å². The van der Waals surface area contributed by atoms with Gasteiger partial charge in [-0.25, -0.2) is 9.18 Å². The number of carbonyl (C=O) groups is 1. The van der Waals surface area contributed by atoms with Crippen LogP contribution < -0.4 is 5.73 Å². The highest BCUT2D eigenvalue weighted by Crippen LogP contribution is 2.70. The van der Waals surface area contributed by atoms with Crippen molar-refractivity contribution in [2.45, 2.75) is 97.4 Å². The number of halogens is 1. The Labute approximate surface area is 235 Å². The zero-order chi connectivity index (χ0) is 28.2. The average molecular weight is 536 g/mol.